The Balaban J connectivity index is 1.42. The molecule has 380 valence electrons. The largest absolute Gasteiger partial charge is 0.456 e. The molecule has 74 heavy (non-hydrogen) atoms. The summed E-state index contributed by atoms with van der Waals surface area (Å²) in [5.74, 6) is -5.09. The van der Waals surface area contributed by atoms with Crippen molar-refractivity contribution in [1.29, 1.82) is 0 Å². The molecule has 4 heterocycles. The van der Waals surface area contributed by atoms with Crippen LogP contribution in [-0.4, -0.2) is 6.71 Å². The fraction of sp³-hybridized carbons (Fsp3) is 0.391. The standard InChI is InChI=1S/C69H79BN2OS/c1-38(2)41-29-45(39(3)4)64(51(30-41)69(18,19)20)72-56-34-47-46-31-42(65(6,7)8)22-25-59(46)73-60(47)36-52(56)70-53-37-62-49(48-32-43(66(9,10)11)23-26-61(48)74-62)35-55(53)71(57-27-40(5)28-58(72)63(57)70)54-24-21-44(67(12,13)14)33-50(54)68(15,16)17/h21-39H,1-20H3/i1D3,3D3,5D3,18D3,38D,39D. The van der Waals surface area contributed by atoms with E-state index in [1.165, 1.54) is 45.4 Å². The second-order valence-electron chi connectivity index (χ2n) is 26.0. The van der Waals surface area contributed by atoms with E-state index < -0.39 is 56.7 Å². The Labute approximate surface area is 467 Å². The number of hydrogen-bond acceptors (Lipinski definition) is 4. The van der Waals surface area contributed by atoms with E-state index in [-0.39, 0.29) is 49.9 Å². The minimum absolute atomic E-state index is 0.0520. The zero-order valence-electron chi connectivity index (χ0n) is 60.1. The van der Waals surface area contributed by atoms with Gasteiger partial charge in [0.15, 0.2) is 0 Å². The minimum Gasteiger partial charge on any atom is -0.456 e. The molecule has 0 spiro atoms. The molecular formula is C69H79BN2OS. The first-order valence-electron chi connectivity index (χ1n) is 33.1. The third-order valence-corrected chi connectivity index (χ3v) is 16.9. The molecule has 0 saturated carbocycles. The first-order chi connectivity index (χ1) is 40.0. The van der Waals surface area contributed by atoms with Crippen molar-refractivity contribution in [2.75, 3.05) is 9.80 Å². The van der Waals surface area contributed by atoms with Crippen LogP contribution in [0.3, 0.4) is 0 Å². The lowest BCUT2D eigenvalue weighted by molar-refractivity contribution is 0.569. The zero-order chi connectivity index (χ0) is 65.1. The molecule has 2 aliphatic rings. The Bertz CT molecular complexity index is 4330. The minimum atomic E-state index is -3.16. The normalized spacial score (nSPS) is 19.4. The number of rotatable bonds is 4. The predicted octanol–water partition coefficient (Wildman–Crippen LogP) is 19.1. The van der Waals surface area contributed by atoms with Gasteiger partial charge in [-0.15, -0.1) is 11.3 Å². The molecule has 2 aromatic heterocycles. The lowest BCUT2D eigenvalue weighted by Gasteiger charge is -2.46. The summed E-state index contributed by atoms with van der Waals surface area (Å²) in [6, 6.07) is 33.8. The van der Waals surface area contributed by atoms with Gasteiger partial charge in [-0.1, -0.05) is 168 Å². The molecule has 5 heteroatoms. The van der Waals surface area contributed by atoms with Crippen molar-refractivity contribution in [3.05, 3.63) is 148 Å². The number of fused-ring (bicyclic) bond motifs is 10. The third kappa shape index (κ3) is 8.04. The number of benzene rings is 7. The van der Waals surface area contributed by atoms with Gasteiger partial charge in [0.05, 0.1) is 5.69 Å². The van der Waals surface area contributed by atoms with E-state index in [1.54, 1.807) is 28.4 Å². The summed E-state index contributed by atoms with van der Waals surface area (Å²) < 4.78 is 139. The van der Waals surface area contributed by atoms with Crippen molar-refractivity contribution in [3.8, 4) is 0 Å². The first kappa shape index (κ1) is 36.2. The highest BCUT2D eigenvalue weighted by Crippen LogP contribution is 2.53. The van der Waals surface area contributed by atoms with E-state index >= 15 is 0 Å². The quantitative estimate of drug-likeness (QED) is 0.164. The second kappa shape index (κ2) is 16.6. The van der Waals surface area contributed by atoms with Crippen LogP contribution < -0.4 is 26.2 Å². The van der Waals surface area contributed by atoms with E-state index in [4.69, 9.17) is 8.53 Å². The number of nitrogens with zero attached hydrogens (tertiary/aromatic N) is 2. The lowest BCUT2D eigenvalue weighted by Crippen LogP contribution is -2.61. The molecule has 0 fully saturated rings. The van der Waals surface area contributed by atoms with Crippen LogP contribution in [0.4, 0.5) is 34.1 Å². The maximum Gasteiger partial charge on any atom is 0.252 e. The highest BCUT2D eigenvalue weighted by Gasteiger charge is 2.46. The van der Waals surface area contributed by atoms with E-state index in [1.807, 2.05) is 24.3 Å². The van der Waals surface area contributed by atoms with Crippen molar-refractivity contribution >= 4 is 111 Å². The Morgan fingerprint density at radius 2 is 1.08 bits per heavy atom. The van der Waals surface area contributed by atoms with E-state index in [0.29, 0.717) is 38.9 Å². The predicted molar refractivity (Wildman–Crippen MR) is 327 cm³/mol. The maximum absolute atomic E-state index is 10.2. The van der Waals surface area contributed by atoms with Crippen LogP contribution in [0.5, 0.6) is 0 Å². The molecule has 0 aliphatic carbocycles. The maximum atomic E-state index is 10.2. The Morgan fingerprint density at radius 3 is 1.73 bits per heavy atom. The van der Waals surface area contributed by atoms with Crippen molar-refractivity contribution in [3.63, 3.8) is 0 Å². The number of aryl methyl sites for hydroxylation is 1. The number of thiophene rings is 1. The summed E-state index contributed by atoms with van der Waals surface area (Å²) in [5, 5.41) is 3.55. The highest BCUT2D eigenvalue weighted by molar-refractivity contribution is 7.26. The van der Waals surface area contributed by atoms with Crippen molar-refractivity contribution in [1.82, 2.24) is 0 Å². The van der Waals surface area contributed by atoms with Gasteiger partial charge in [0.2, 0.25) is 0 Å². The average molecular weight is 1010 g/mol. The van der Waals surface area contributed by atoms with Gasteiger partial charge in [0.1, 0.15) is 11.2 Å². The molecule has 0 radical (unpaired) electrons. The molecule has 11 rings (SSSR count). The average Bonchev–Trinajstić information content (AvgIpc) is 0.882. The zero-order valence-corrected chi connectivity index (χ0v) is 46.9. The second-order valence-corrected chi connectivity index (χ2v) is 27.1. The van der Waals surface area contributed by atoms with Crippen molar-refractivity contribution in [2.24, 2.45) is 0 Å². The smallest absolute Gasteiger partial charge is 0.252 e. The summed E-state index contributed by atoms with van der Waals surface area (Å²) in [6.07, 6.45) is 0. The van der Waals surface area contributed by atoms with Gasteiger partial charge in [0.25, 0.3) is 6.71 Å². The number of furan rings is 1. The number of anilines is 6. The van der Waals surface area contributed by atoms with Gasteiger partial charge >= 0.3 is 0 Å². The molecule has 7 aromatic carbocycles. The molecule has 0 N–H and O–H groups in total. The summed E-state index contributed by atoms with van der Waals surface area (Å²) in [5.41, 5.74) is 6.60. The van der Waals surface area contributed by atoms with E-state index in [9.17, 15) is 15.1 Å². The molecule has 2 atom stereocenters. The van der Waals surface area contributed by atoms with Gasteiger partial charge in [-0.3, -0.25) is 0 Å². The van der Waals surface area contributed by atoms with Gasteiger partial charge in [-0.2, -0.15) is 0 Å². The van der Waals surface area contributed by atoms with Crippen molar-refractivity contribution < 1.29 is 23.6 Å². The molecular weight excluding hydrogens is 916 g/mol. The topological polar surface area (TPSA) is 19.6 Å². The molecule has 2 aliphatic heterocycles. The highest BCUT2D eigenvalue weighted by atomic mass is 32.1. The fourth-order valence-corrected chi connectivity index (χ4v) is 12.7. The fourth-order valence-electron chi connectivity index (χ4n) is 11.6. The molecule has 3 nitrogen and oxygen atoms in total. The first-order valence-corrected chi connectivity index (χ1v) is 26.9. The summed E-state index contributed by atoms with van der Waals surface area (Å²) in [4.78, 5) is 3.96. The SMILES string of the molecule is [2H]C([2H])([2H])c1cc2c3c(c1)N(c1c(C([2H])(C)C([2H])([2H])[2H])cc(C([2H])(C)C([2H])([2H])[2H])cc1C(C)(C)C([2H])([2H])[2H])c1cc4c(cc1B3c1cc3sc5ccc(C(C)(C)C)cc5c3cc1N2c1ccc(C(C)(C)C)cc1C(C)(C)C)oc1ccc(C(C)(C)C)cc14. The van der Waals surface area contributed by atoms with Gasteiger partial charge in [-0.25, -0.2) is 0 Å². The summed E-state index contributed by atoms with van der Waals surface area (Å²) in [6.45, 7) is 18.8. The third-order valence-electron chi connectivity index (χ3n) is 15.7. The van der Waals surface area contributed by atoms with Crippen LogP contribution in [0.15, 0.2) is 108 Å². The lowest BCUT2D eigenvalue weighted by atomic mass is 9.33. The van der Waals surface area contributed by atoms with Gasteiger partial charge in [0, 0.05) is 78.6 Å². The van der Waals surface area contributed by atoms with Gasteiger partial charge < -0.3 is 14.2 Å². The van der Waals surface area contributed by atoms with Crippen LogP contribution in [0.1, 0.15) is 207 Å². The monoisotopic (exact) mass is 1010 g/mol. The van der Waals surface area contributed by atoms with Crippen LogP contribution in [0.2, 0.25) is 0 Å². The summed E-state index contributed by atoms with van der Waals surface area (Å²) >= 11 is 1.69. The van der Waals surface area contributed by atoms with Crippen LogP contribution >= 0.6 is 11.3 Å². The van der Waals surface area contributed by atoms with Gasteiger partial charge in [-0.05, 0) is 173 Å². The molecule has 0 bridgehead atoms. The molecule has 9 aromatic rings. The number of hydrogen-bond donors (Lipinski definition) is 0. The molecule has 0 amide bonds. The van der Waals surface area contributed by atoms with Crippen LogP contribution in [0, 0.1) is 6.85 Å². The molecule has 2 unspecified atom stereocenters. The molecule has 0 saturated heterocycles. The summed E-state index contributed by atoms with van der Waals surface area (Å²) in [7, 11) is 0. The Morgan fingerprint density at radius 1 is 0.500 bits per heavy atom. The van der Waals surface area contributed by atoms with E-state index in [0.717, 1.165) is 59.1 Å². The van der Waals surface area contributed by atoms with Crippen molar-refractivity contribution in [2.45, 2.75) is 177 Å². The van der Waals surface area contributed by atoms with E-state index in [2.05, 4.69) is 143 Å². The Kier molecular flexibility index (Phi) is 8.14. The van der Waals surface area contributed by atoms with Crippen LogP contribution in [-0.2, 0) is 27.1 Å². The Hall–Kier alpha value is -5.78. The van der Waals surface area contributed by atoms with Crippen LogP contribution in [0.25, 0.3) is 42.1 Å².